The van der Waals surface area contributed by atoms with Crippen molar-refractivity contribution in [2.45, 2.75) is 37.5 Å². The Morgan fingerprint density at radius 3 is 3.15 bits per heavy atom. The van der Waals surface area contributed by atoms with Crippen LogP contribution in [0.1, 0.15) is 19.3 Å². The lowest BCUT2D eigenvalue weighted by Gasteiger charge is -2.40. The Morgan fingerprint density at radius 2 is 2.23 bits per heavy atom. The van der Waals surface area contributed by atoms with Gasteiger partial charge in [0.1, 0.15) is 0 Å². The zero-order valence-electron chi connectivity index (χ0n) is 7.85. The molecule has 3 heterocycles. The standard InChI is InChI=1S/C10H17NO2/c12-9-8-2-1-4-11(8)6-7-3-5-13-10(7)9/h7-10,12H,1-6H2. The van der Waals surface area contributed by atoms with Gasteiger partial charge in [-0.25, -0.2) is 0 Å². The third-order valence-corrected chi connectivity index (χ3v) is 3.88. The highest BCUT2D eigenvalue weighted by atomic mass is 16.5. The number of aliphatic hydroxyl groups excluding tert-OH is 1. The summed E-state index contributed by atoms with van der Waals surface area (Å²) < 4.78 is 5.60. The van der Waals surface area contributed by atoms with E-state index in [9.17, 15) is 5.11 Å². The summed E-state index contributed by atoms with van der Waals surface area (Å²) in [6.45, 7) is 3.20. The van der Waals surface area contributed by atoms with Crippen LogP contribution < -0.4 is 0 Å². The van der Waals surface area contributed by atoms with Crippen LogP contribution in [0.15, 0.2) is 0 Å². The van der Waals surface area contributed by atoms with Gasteiger partial charge in [0, 0.05) is 25.1 Å². The summed E-state index contributed by atoms with van der Waals surface area (Å²) in [5, 5.41) is 10.1. The van der Waals surface area contributed by atoms with E-state index in [2.05, 4.69) is 4.90 Å². The predicted octanol–water partition coefficient (Wildman–Crippen LogP) is 0.230. The fourth-order valence-corrected chi connectivity index (χ4v) is 3.21. The first-order valence-electron chi connectivity index (χ1n) is 5.40. The number of nitrogens with zero attached hydrogens (tertiary/aromatic N) is 1. The third-order valence-electron chi connectivity index (χ3n) is 3.88. The quantitative estimate of drug-likeness (QED) is 0.583. The number of ether oxygens (including phenoxy) is 1. The average Bonchev–Trinajstić information content (AvgIpc) is 2.71. The van der Waals surface area contributed by atoms with Crippen molar-refractivity contribution in [3.8, 4) is 0 Å². The summed E-state index contributed by atoms with van der Waals surface area (Å²) in [5.41, 5.74) is 0. The van der Waals surface area contributed by atoms with Gasteiger partial charge in [-0.15, -0.1) is 0 Å². The van der Waals surface area contributed by atoms with E-state index in [-0.39, 0.29) is 12.2 Å². The van der Waals surface area contributed by atoms with Crippen LogP contribution in [0.5, 0.6) is 0 Å². The van der Waals surface area contributed by atoms with E-state index in [4.69, 9.17) is 4.74 Å². The van der Waals surface area contributed by atoms with Gasteiger partial charge < -0.3 is 9.84 Å². The second kappa shape index (κ2) is 2.94. The molecule has 0 aliphatic carbocycles. The molecule has 4 unspecified atom stereocenters. The highest BCUT2D eigenvalue weighted by Gasteiger charge is 2.47. The molecule has 0 aromatic carbocycles. The molecule has 13 heavy (non-hydrogen) atoms. The number of hydrogen-bond acceptors (Lipinski definition) is 3. The van der Waals surface area contributed by atoms with Crippen molar-refractivity contribution in [2.75, 3.05) is 19.7 Å². The summed E-state index contributed by atoms with van der Waals surface area (Å²) in [6, 6.07) is 0.402. The molecule has 0 bridgehead atoms. The summed E-state index contributed by atoms with van der Waals surface area (Å²) in [5.74, 6) is 0.601. The van der Waals surface area contributed by atoms with Gasteiger partial charge in [-0.1, -0.05) is 0 Å². The third kappa shape index (κ3) is 1.14. The minimum Gasteiger partial charge on any atom is -0.389 e. The Hall–Kier alpha value is -0.120. The lowest BCUT2D eigenvalue weighted by Crippen LogP contribution is -2.55. The summed E-state index contributed by atoms with van der Waals surface area (Å²) in [7, 11) is 0. The topological polar surface area (TPSA) is 32.7 Å². The molecule has 0 aromatic heterocycles. The molecule has 0 aromatic rings. The van der Waals surface area contributed by atoms with Gasteiger partial charge in [-0.05, 0) is 25.8 Å². The molecular weight excluding hydrogens is 166 g/mol. The molecule has 1 N–H and O–H groups in total. The van der Waals surface area contributed by atoms with E-state index in [1.807, 2.05) is 0 Å². The van der Waals surface area contributed by atoms with E-state index in [1.54, 1.807) is 0 Å². The fraction of sp³-hybridized carbons (Fsp3) is 1.00. The monoisotopic (exact) mass is 183 g/mol. The van der Waals surface area contributed by atoms with Crippen LogP contribution in [0.2, 0.25) is 0 Å². The maximum absolute atomic E-state index is 10.1. The highest BCUT2D eigenvalue weighted by molar-refractivity contribution is 4.99. The Kier molecular flexibility index (Phi) is 1.86. The second-order valence-corrected chi connectivity index (χ2v) is 4.58. The van der Waals surface area contributed by atoms with E-state index >= 15 is 0 Å². The first-order chi connectivity index (χ1) is 6.36. The normalized spacial score (nSPS) is 50.5. The van der Waals surface area contributed by atoms with Gasteiger partial charge in [0.25, 0.3) is 0 Å². The molecule has 3 saturated heterocycles. The maximum atomic E-state index is 10.1. The Bertz CT molecular complexity index is 189. The largest absolute Gasteiger partial charge is 0.389 e. The molecule has 0 saturated carbocycles. The van der Waals surface area contributed by atoms with Crippen LogP contribution in [0.25, 0.3) is 0 Å². The smallest absolute Gasteiger partial charge is 0.0959 e. The number of piperidine rings is 1. The lowest BCUT2D eigenvalue weighted by atomic mass is 9.88. The number of aliphatic hydroxyl groups is 1. The first kappa shape index (κ1) is 8.21. The van der Waals surface area contributed by atoms with E-state index < -0.39 is 0 Å². The predicted molar refractivity (Wildman–Crippen MR) is 48.4 cm³/mol. The van der Waals surface area contributed by atoms with Crippen molar-refractivity contribution < 1.29 is 9.84 Å². The lowest BCUT2D eigenvalue weighted by molar-refractivity contribution is -0.0869. The minimum atomic E-state index is -0.219. The van der Waals surface area contributed by atoms with Crippen molar-refractivity contribution >= 4 is 0 Å². The molecule has 74 valence electrons. The first-order valence-corrected chi connectivity index (χ1v) is 5.40. The maximum Gasteiger partial charge on any atom is 0.0959 e. The van der Waals surface area contributed by atoms with Crippen LogP contribution in [-0.4, -0.2) is 48.0 Å². The molecule has 3 nitrogen and oxygen atoms in total. The van der Waals surface area contributed by atoms with Crippen LogP contribution in [0.3, 0.4) is 0 Å². The minimum absolute atomic E-state index is 0.152. The molecule has 4 atom stereocenters. The van der Waals surface area contributed by atoms with Gasteiger partial charge in [-0.2, -0.15) is 0 Å². The van der Waals surface area contributed by atoms with Crippen LogP contribution >= 0.6 is 0 Å². The number of hydrogen-bond donors (Lipinski definition) is 1. The SMILES string of the molecule is OC1C2OCCC2CN2CCCC12. The second-order valence-electron chi connectivity index (χ2n) is 4.58. The molecule has 3 rings (SSSR count). The van der Waals surface area contributed by atoms with Gasteiger partial charge >= 0.3 is 0 Å². The van der Waals surface area contributed by atoms with Crippen molar-refractivity contribution in [3.05, 3.63) is 0 Å². The average molecular weight is 183 g/mol. The number of rotatable bonds is 0. The molecule has 0 amide bonds. The van der Waals surface area contributed by atoms with Crippen LogP contribution in [-0.2, 0) is 4.74 Å². The molecule has 3 heteroatoms. The van der Waals surface area contributed by atoms with Crippen molar-refractivity contribution in [2.24, 2.45) is 5.92 Å². The number of fused-ring (bicyclic) bond motifs is 2. The highest BCUT2D eigenvalue weighted by Crippen LogP contribution is 2.36. The van der Waals surface area contributed by atoms with E-state index in [1.165, 1.54) is 13.0 Å². The zero-order chi connectivity index (χ0) is 8.84. The van der Waals surface area contributed by atoms with Gasteiger partial charge in [0.2, 0.25) is 0 Å². The molecule has 3 fully saturated rings. The van der Waals surface area contributed by atoms with Gasteiger partial charge in [0.15, 0.2) is 0 Å². The molecule has 3 aliphatic heterocycles. The molecule has 0 spiro atoms. The van der Waals surface area contributed by atoms with Crippen LogP contribution in [0, 0.1) is 5.92 Å². The van der Waals surface area contributed by atoms with E-state index in [0.717, 1.165) is 26.0 Å². The van der Waals surface area contributed by atoms with E-state index in [0.29, 0.717) is 12.0 Å². The summed E-state index contributed by atoms with van der Waals surface area (Å²) >= 11 is 0. The van der Waals surface area contributed by atoms with Crippen molar-refractivity contribution in [1.29, 1.82) is 0 Å². The Morgan fingerprint density at radius 1 is 1.31 bits per heavy atom. The molecular formula is C10H17NO2. The molecule has 3 aliphatic rings. The summed E-state index contributed by atoms with van der Waals surface area (Å²) in [4.78, 5) is 2.46. The fourth-order valence-electron chi connectivity index (χ4n) is 3.21. The van der Waals surface area contributed by atoms with Gasteiger partial charge in [-0.3, -0.25) is 4.90 Å². The Balaban J connectivity index is 1.82. The van der Waals surface area contributed by atoms with Gasteiger partial charge in [0.05, 0.1) is 12.2 Å². The van der Waals surface area contributed by atoms with Crippen LogP contribution in [0.4, 0.5) is 0 Å². The molecule has 0 radical (unpaired) electrons. The summed E-state index contributed by atoms with van der Waals surface area (Å²) in [6.07, 6.45) is 3.49. The Labute approximate surface area is 78.7 Å². The van der Waals surface area contributed by atoms with Crippen molar-refractivity contribution in [3.63, 3.8) is 0 Å². The zero-order valence-corrected chi connectivity index (χ0v) is 7.85. The van der Waals surface area contributed by atoms with Crippen molar-refractivity contribution in [1.82, 2.24) is 4.90 Å².